The normalized spacial score (nSPS) is 10.5. The molecule has 0 radical (unpaired) electrons. The Bertz CT molecular complexity index is 1090. The van der Waals surface area contributed by atoms with Crippen molar-refractivity contribution in [1.82, 2.24) is 21.0 Å². The summed E-state index contributed by atoms with van der Waals surface area (Å²) in [5.74, 6) is -0.543. The van der Waals surface area contributed by atoms with E-state index >= 15 is 0 Å². The van der Waals surface area contributed by atoms with E-state index in [0.717, 1.165) is 11.1 Å². The van der Waals surface area contributed by atoms with Crippen LogP contribution in [0.1, 0.15) is 21.6 Å². The number of halogens is 1. The topological polar surface area (TPSA) is 98.9 Å². The second-order valence-corrected chi connectivity index (χ2v) is 6.73. The molecule has 27 heavy (non-hydrogen) atoms. The second kappa shape index (κ2) is 7.73. The Labute approximate surface area is 165 Å². The number of thiocarbonyl (C=S) groups is 1. The second-order valence-electron chi connectivity index (χ2n) is 5.92. The minimum atomic E-state index is -0.543. The number of anilines is 1. The molecule has 4 N–H and O–H groups in total. The Morgan fingerprint density at radius 3 is 2.56 bits per heavy atom. The van der Waals surface area contributed by atoms with Crippen LogP contribution in [0.3, 0.4) is 0 Å². The first kappa shape index (κ1) is 18.8. The standard InChI is InChI=1S/C18H16ClN5O2S/c1-9-7-10(2)14(13(19)8-9)20-18(27)24-23-17(26)15-11-5-3-4-6-12(11)16(25)22-21-15/h3-8H,1-2H3,(H,22,25)(H,23,26)(H2,20,24,27). The number of nitrogens with zero attached hydrogens (tertiary/aromatic N) is 1. The fourth-order valence-electron chi connectivity index (χ4n) is 2.68. The molecular weight excluding hydrogens is 386 g/mol. The summed E-state index contributed by atoms with van der Waals surface area (Å²) in [7, 11) is 0. The summed E-state index contributed by atoms with van der Waals surface area (Å²) in [6.45, 7) is 3.85. The molecule has 0 saturated heterocycles. The number of aromatic nitrogens is 2. The van der Waals surface area contributed by atoms with Gasteiger partial charge in [0.2, 0.25) is 0 Å². The number of aryl methyl sites for hydroxylation is 2. The van der Waals surface area contributed by atoms with E-state index in [4.69, 9.17) is 23.8 Å². The van der Waals surface area contributed by atoms with Crippen LogP contribution in [0, 0.1) is 13.8 Å². The van der Waals surface area contributed by atoms with Gasteiger partial charge in [-0.15, -0.1) is 0 Å². The Balaban J connectivity index is 1.72. The third kappa shape index (κ3) is 4.07. The van der Waals surface area contributed by atoms with Gasteiger partial charge in [-0.1, -0.05) is 35.9 Å². The van der Waals surface area contributed by atoms with E-state index in [2.05, 4.69) is 26.4 Å². The van der Waals surface area contributed by atoms with Crippen molar-refractivity contribution in [3.63, 3.8) is 0 Å². The zero-order valence-electron chi connectivity index (χ0n) is 14.5. The molecule has 0 aliphatic carbocycles. The number of aromatic amines is 1. The lowest BCUT2D eigenvalue weighted by atomic mass is 10.1. The third-order valence-corrected chi connectivity index (χ3v) is 4.37. The summed E-state index contributed by atoms with van der Waals surface area (Å²) in [5, 5.41) is 10.6. The van der Waals surface area contributed by atoms with Gasteiger partial charge < -0.3 is 5.32 Å². The lowest BCUT2D eigenvalue weighted by Gasteiger charge is -2.15. The molecule has 1 aromatic heterocycles. The van der Waals surface area contributed by atoms with Crippen molar-refractivity contribution in [1.29, 1.82) is 0 Å². The molecule has 3 aromatic rings. The molecule has 0 aliphatic rings. The fraction of sp³-hybridized carbons (Fsp3) is 0.111. The molecule has 0 aliphatic heterocycles. The predicted molar refractivity (Wildman–Crippen MR) is 110 cm³/mol. The van der Waals surface area contributed by atoms with Crippen LogP contribution in [-0.4, -0.2) is 21.2 Å². The molecule has 1 amide bonds. The van der Waals surface area contributed by atoms with Crippen molar-refractivity contribution in [2.24, 2.45) is 0 Å². The van der Waals surface area contributed by atoms with E-state index < -0.39 is 5.91 Å². The maximum absolute atomic E-state index is 12.4. The lowest BCUT2D eigenvalue weighted by molar-refractivity contribution is 0.0940. The van der Waals surface area contributed by atoms with Crippen molar-refractivity contribution in [3.05, 3.63) is 68.6 Å². The Hall–Kier alpha value is -2.97. The van der Waals surface area contributed by atoms with Crippen molar-refractivity contribution < 1.29 is 4.79 Å². The monoisotopic (exact) mass is 401 g/mol. The molecule has 7 nitrogen and oxygen atoms in total. The summed E-state index contributed by atoms with van der Waals surface area (Å²) < 4.78 is 0. The van der Waals surface area contributed by atoms with Crippen molar-refractivity contribution in [3.8, 4) is 0 Å². The Morgan fingerprint density at radius 2 is 1.85 bits per heavy atom. The average Bonchev–Trinajstić information content (AvgIpc) is 2.63. The van der Waals surface area contributed by atoms with Gasteiger partial charge in [0.1, 0.15) is 0 Å². The van der Waals surface area contributed by atoms with Gasteiger partial charge in [0.15, 0.2) is 10.8 Å². The van der Waals surface area contributed by atoms with E-state index in [-0.39, 0.29) is 16.4 Å². The number of benzene rings is 2. The van der Waals surface area contributed by atoms with Gasteiger partial charge >= 0.3 is 0 Å². The quantitative estimate of drug-likeness (QED) is 0.389. The van der Waals surface area contributed by atoms with Gasteiger partial charge in [0, 0.05) is 5.39 Å². The highest BCUT2D eigenvalue weighted by atomic mass is 35.5. The largest absolute Gasteiger partial charge is 0.330 e. The van der Waals surface area contributed by atoms with E-state index in [1.165, 1.54) is 0 Å². The zero-order chi connectivity index (χ0) is 19.6. The van der Waals surface area contributed by atoms with Crippen molar-refractivity contribution in [2.45, 2.75) is 13.8 Å². The third-order valence-electron chi connectivity index (χ3n) is 3.87. The van der Waals surface area contributed by atoms with Crippen LogP contribution in [0.15, 0.2) is 41.2 Å². The smallest absolute Gasteiger partial charge is 0.290 e. The van der Waals surface area contributed by atoms with Crippen LogP contribution in [0.25, 0.3) is 10.8 Å². The summed E-state index contributed by atoms with van der Waals surface area (Å²) in [6, 6.07) is 10.5. The highest BCUT2D eigenvalue weighted by molar-refractivity contribution is 7.80. The lowest BCUT2D eigenvalue weighted by Crippen LogP contribution is -2.44. The number of carbonyl (C=O) groups is 1. The molecule has 0 bridgehead atoms. The molecule has 138 valence electrons. The van der Waals surface area contributed by atoms with Crippen molar-refractivity contribution >= 4 is 51.3 Å². The van der Waals surface area contributed by atoms with E-state index in [1.807, 2.05) is 26.0 Å². The first-order chi connectivity index (χ1) is 12.9. The van der Waals surface area contributed by atoms with Crippen LogP contribution >= 0.6 is 23.8 Å². The van der Waals surface area contributed by atoms with Crippen LogP contribution in [0.5, 0.6) is 0 Å². The van der Waals surface area contributed by atoms with Gasteiger partial charge in [-0.2, -0.15) is 5.10 Å². The number of hydrazine groups is 1. The van der Waals surface area contributed by atoms with E-state index in [9.17, 15) is 9.59 Å². The summed E-state index contributed by atoms with van der Waals surface area (Å²) in [5.41, 5.74) is 7.39. The molecule has 1 heterocycles. The minimum absolute atomic E-state index is 0.0741. The van der Waals surface area contributed by atoms with Gasteiger partial charge in [-0.25, -0.2) is 5.10 Å². The van der Waals surface area contributed by atoms with E-state index in [0.29, 0.717) is 21.5 Å². The first-order valence-electron chi connectivity index (χ1n) is 7.98. The molecule has 9 heteroatoms. The predicted octanol–water partition coefficient (Wildman–Crippen LogP) is 2.82. The van der Waals surface area contributed by atoms with Crippen LogP contribution in [0.4, 0.5) is 5.69 Å². The SMILES string of the molecule is Cc1cc(C)c(NC(=S)NNC(=O)c2n[nH]c(=O)c3ccccc23)c(Cl)c1. The molecule has 0 fully saturated rings. The molecule has 0 atom stereocenters. The van der Waals surface area contributed by atoms with Gasteiger partial charge in [0.25, 0.3) is 11.5 Å². The first-order valence-corrected chi connectivity index (χ1v) is 8.77. The number of carbonyl (C=O) groups excluding carboxylic acids is 1. The van der Waals surface area contributed by atoms with Crippen LogP contribution in [-0.2, 0) is 0 Å². The zero-order valence-corrected chi connectivity index (χ0v) is 16.1. The number of rotatable bonds is 2. The number of hydrogen-bond donors (Lipinski definition) is 4. The van der Waals surface area contributed by atoms with Gasteiger partial charge in [-0.3, -0.25) is 20.4 Å². The minimum Gasteiger partial charge on any atom is -0.330 e. The summed E-state index contributed by atoms with van der Waals surface area (Å²) >= 11 is 11.4. The maximum Gasteiger partial charge on any atom is 0.290 e. The highest BCUT2D eigenvalue weighted by Crippen LogP contribution is 2.27. The summed E-state index contributed by atoms with van der Waals surface area (Å²) in [4.78, 5) is 24.2. The Morgan fingerprint density at radius 1 is 1.15 bits per heavy atom. The number of amides is 1. The highest BCUT2D eigenvalue weighted by Gasteiger charge is 2.14. The molecule has 2 aromatic carbocycles. The molecule has 0 saturated carbocycles. The van der Waals surface area contributed by atoms with Gasteiger partial charge in [-0.05, 0) is 49.3 Å². The molecular formula is C18H16ClN5O2S. The number of hydrogen-bond acceptors (Lipinski definition) is 4. The van der Waals surface area contributed by atoms with Crippen LogP contribution in [0.2, 0.25) is 5.02 Å². The molecule has 0 unspecified atom stereocenters. The average molecular weight is 402 g/mol. The number of fused-ring (bicyclic) bond motifs is 1. The maximum atomic E-state index is 12.4. The Kier molecular flexibility index (Phi) is 5.38. The molecule has 0 spiro atoms. The van der Waals surface area contributed by atoms with Gasteiger partial charge in [0.05, 0.1) is 16.1 Å². The molecule has 3 rings (SSSR count). The number of nitrogens with one attached hydrogen (secondary N) is 4. The fourth-order valence-corrected chi connectivity index (χ4v) is 3.20. The van der Waals surface area contributed by atoms with Crippen LogP contribution < -0.4 is 21.7 Å². The number of H-pyrrole nitrogens is 1. The summed E-state index contributed by atoms with van der Waals surface area (Å²) in [6.07, 6.45) is 0. The van der Waals surface area contributed by atoms with E-state index in [1.54, 1.807) is 24.3 Å². The van der Waals surface area contributed by atoms with Crippen molar-refractivity contribution in [2.75, 3.05) is 5.32 Å².